The Morgan fingerprint density at radius 1 is 1.21 bits per heavy atom. The highest BCUT2D eigenvalue weighted by Crippen LogP contribution is 2.30. The molecule has 0 spiro atoms. The van der Waals surface area contributed by atoms with Gasteiger partial charge in [0, 0.05) is 33.3 Å². The Hall–Kier alpha value is -1.36. The van der Waals surface area contributed by atoms with Gasteiger partial charge in [-0.2, -0.15) is 8.78 Å². The Balaban J connectivity index is 0.00000392. The molecule has 1 heterocycles. The molecule has 1 fully saturated rings. The number of likely N-dealkylation sites (tertiary alicyclic amines) is 1. The highest BCUT2D eigenvalue weighted by molar-refractivity contribution is 14.0. The maximum absolute atomic E-state index is 12.5. The predicted molar refractivity (Wildman–Crippen MR) is 116 cm³/mol. The summed E-state index contributed by atoms with van der Waals surface area (Å²) in [4.78, 5) is 6.55. The zero-order valence-electron chi connectivity index (χ0n) is 16.6. The Bertz CT molecular complexity index is 612. The van der Waals surface area contributed by atoms with Gasteiger partial charge < -0.3 is 24.4 Å². The summed E-state index contributed by atoms with van der Waals surface area (Å²) >= 11 is 0. The van der Waals surface area contributed by atoms with Crippen LogP contribution in [0.5, 0.6) is 11.5 Å². The van der Waals surface area contributed by atoms with E-state index in [1.54, 1.807) is 26.1 Å². The third kappa shape index (κ3) is 7.57. The number of rotatable bonds is 8. The number of alkyl halides is 2. The molecule has 1 aliphatic rings. The number of benzene rings is 1. The number of halogens is 3. The molecular weight excluding hydrogens is 483 g/mol. The molecule has 9 heteroatoms. The molecule has 0 atom stereocenters. The number of hydrogen-bond acceptors (Lipinski definition) is 4. The van der Waals surface area contributed by atoms with E-state index in [1.807, 2.05) is 6.92 Å². The van der Waals surface area contributed by atoms with Crippen molar-refractivity contribution in [3.8, 4) is 11.5 Å². The lowest BCUT2D eigenvalue weighted by Gasteiger charge is -2.34. The maximum Gasteiger partial charge on any atom is 0.387 e. The van der Waals surface area contributed by atoms with Crippen LogP contribution >= 0.6 is 24.0 Å². The summed E-state index contributed by atoms with van der Waals surface area (Å²) in [7, 11) is 1.75. The quantitative estimate of drug-likeness (QED) is 0.325. The second kappa shape index (κ2) is 13.0. The van der Waals surface area contributed by atoms with Gasteiger partial charge in [0.25, 0.3) is 0 Å². The zero-order chi connectivity index (χ0) is 19.6. The Labute approximate surface area is 182 Å². The Kier molecular flexibility index (Phi) is 11.4. The van der Waals surface area contributed by atoms with Gasteiger partial charge in [0.2, 0.25) is 0 Å². The van der Waals surface area contributed by atoms with Crippen LogP contribution in [0.1, 0.15) is 32.3 Å². The van der Waals surface area contributed by atoms with E-state index in [-0.39, 0.29) is 29.7 Å². The number of guanidine groups is 1. The number of nitrogens with zero attached hydrogens (tertiary/aromatic N) is 2. The zero-order valence-corrected chi connectivity index (χ0v) is 19.0. The molecular formula is C19H30F2IN3O3. The van der Waals surface area contributed by atoms with Crippen LogP contribution in [0.15, 0.2) is 23.2 Å². The first-order valence-electron chi connectivity index (χ1n) is 9.35. The van der Waals surface area contributed by atoms with Gasteiger partial charge in [0.1, 0.15) is 0 Å². The van der Waals surface area contributed by atoms with Crippen LogP contribution < -0.4 is 14.8 Å². The van der Waals surface area contributed by atoms with E-state index in [0.29, 0.717) is 25.0 Å². The minimum Gasteiger partial charge on any atom is -0.490 e. The fourth-order valence-electron chi connectivity index (χ4n) is 3.11. The molecule has 160 valence electrons. The molecule has 1 aliphatic heterocycles. The van der Waals surface area contributed by atoms with E-state index in [1.165, 1.54) is 6.07 Å². The van der Waals surface area contributed by atoms with E-state index < -0.39 is 6.61 Å². The molecule has 1 N–H and O–H groups in total. The van der Waals surface area contributed by atoms with Gasteiger partial charge in [-0.1, -0.05) is 6.07 Å². The van der Waals surface area contributed by atoms with Gasteiger partial charge in [-0.25, -0.2) is 0 Å². The fourth-order valence-corrected chi connectivity index (χ4v) is 3.11. The lowest BCUT2D eigenvalue weighted by Crippen LogP contribution is -2.46. The van der Waals surface area contributed by atoms with Crippen molar-refractivity contribution in [2.45, 2.75) is 45.9 Å². The lowest BCUT2D eigenvalue weighted by molar-refractivity contribution is -0.0514. The largest absolute Gasteiger partial charge is 0.490 e. The van der Waals surface area contributed by atoms with Crippen molar-refractivity contribution in [3.05, 3.63) is 23.8 Å². The molecule has 0 bridgehead atoms. The monoisotopic (exact) mass is 513 g/mol. The summed E-state index contributed by atoms with van der Waals surface area (Å²) in [6, 6.07) is 4.95. The molecule has 1 aromatic carbocycles. The first kappa shape index (κ1) is 24.7. The number of nitrogens with one attached hydrogen (secondary N) is 1. The van der Waals surface area contributed by atoms with Crippen LogP contribution in [-0.2, 0) is 11.3 Å². The van der Waals surface area contributed by atoms with Crippen LogP contribution in [0.2, 0.25) is 0 Å². The predicted octanol–water partition coefficient (Wildman–Crippen LogP) is 3.88. The van der Waals surface area contributed by atoms with Gasteiger partial charge in [0.15, 0.2) is 17.5 Å². The summed E-state index contributed by atoms with van der Waals surface area (Å²) in [6.45, 7) is 4.31. The smallest absolute Gasteiger partial charge is 0.387 e. The number of hydrogen-bond donors (Lipinski definition) is 1. The normalized spacial score (nSPS) is 15.4. The van der Waals surface area contributed by atoms with Crippen LogP contribution in [0, 0.1) is 0 Å². The standard InChI is InChI=1S/C19H29F2N3O3.HI/c1-4-25-15-8-10-24(11-9-15)19(22-3)23-13-14-6-7-16(27-18(20)21)17(12-14)26-5-2;/h6-7,12,15,18H,4-5,8-11,13H2,1-3H3,(H,22,23);1H. The first-order chi connectivity index (χ1) is 13.1. The number of piperidine rings is 1. The Morgan fingerprint density at radius 3 is 2.50 bits per heavy atom. The topological polar surface area (TPSA) is 55.3 Å². The highest BCUT2D eigenvalue weighted by atomic mass is 127. The van der Waals surface area contributed by atoms with Crippen LogP contribution in [0.3, 0.4) is 0 Å². The van der Waals surface area contributed by atoms with E-state index >= 15 is 0 Å². The van der Waals surface area contributed by atoms with Gasteiger partial charge >= 0.3 is 6.61 Å². The lowest BCUT2D eigenvalue weighted by atomic mass is 10.1. The second-order valence-corrected chi connectivity index (χ2v) is 6.14. The summed E-state index contributed by atoms with van der Waals surface area (Å²) in [5, 5.41) is 3.32. The molecule has 0 unspecified atom stereocenters. The second-order valence-electron chi connectivity index (χ2n) is 6.14. The molecule has 1 aromatic rings. The SMILES string of the molecule is CCOc1cc(CNC(=NC)N2CCC(OCC)CC2)ccc1OC(F)F.I. The minimum absolute atomic E-state index is 0. The molecule has 0 aliphatic carbocycles. The average Bonchev–Trinajstić information content (AvgIpc) is 2.65. The van der Waals surface area contributed by atoms with Gasteiger partial charge in [-0.15, -0.1) is 24.0 Å². The van der Waals surface area contributed by atoms with Crippen molar-refractivity contribution < 1.29 is 23.0 Å². The summed E-state index contributed by atoms with van der Waals surface area (Å²) in [5.74, 6) is 1.17. The molecule has 0 amide bonds. The van der Waals surface area contributed by atoms with Gasteiger partial charge in [0.05, 0.1) is 12.7 Å². The highest BCUT2D eigenvalue weighted by Gasteiger charge is 2.21. The van der Waals surface area contributed by atoms with Crippen LogP contribution in [0.4, 0.5) is 8.78 Å². The molecule has 6 nitrogen and oxygen atoms in total. The minimum atomic E-state index is -2.88. The van der Waals surface area contributed by atoms with E-state index in [0.717, 1.165) is 44.1 Å². The maximum atomic E-state index is 12.5. The van der Waals surface area contributed by atoms with E-state index in [4.69, 9.17) is 9.47 Å². The molecule has 28 heavy (non-hydrogen) atoms. The number of aliphatic imine (C=N–C) groups is 1. The summed E-state index contributed by atoms with van der Waals surface area (Å²) in [5.41, 5.74) is 0.894. The van der Waals surface area contributed by atoms with Crippen molar-refractivity contribution in [2.75, 3.05) is 33.4 Å². The van der Waals surface area contributed by atoms with Crippen molar-refractivity contribution in [3.63, 3.8) is 0 Å². The fraction of sp³-hybridized carbons (Fsp3) is 0.632. The van der Waals surface area contributed by atoms with Crippen LogP contribution in [0.25, 0.3) is 0 Å². The van der Waals surface area contributed by atoms with Crippen LogP contribution in [-0.4, -0.2) is 56.9 Å². The average molecular weight is 513 g/mol. The van der Waals surface area contributed by atoms with E-state index in [2.05, 4.69) is 19.9 Å². The van der Waals surface area contributed by atoms with Crippen molar-refractivity contribution in [1.29, 1.82) is 0 Å². The first-order valence-corrected chi connectivity index (χ1v) is 9.35. The molecule has 0 radical (unpaired) electrons. The van der Waals surface area contributed by atoms with Crippen molar-refractivity contribution >= 4 is 29.9 Å². The summed E-state index contributed by atoms with van der Waals surface area (Å²) in [6.07, 6.45) is 2.27. The van der Waals surface area contributed by atoms with Gasteiger partial charge in [-0.3, -0.25) is 4.99 Å². The third-order valence-corrected chi connectivity index (χ3v) is 4.33. The molecule has 0 aromatic heterocycles. The van der Waals surface area contributed by atoms with Gasteiger partial charge in [-0.05, 0) is 44.4 Å². The number of ether oxygens (including phenoxy) is 3. The van der Waals surface area contributed by atoms with Crippen molar-refractivity contribution in [2.24, 2.45) is 4.99 Å². The molecule has 1 saturated heterocycles. The van der Waals surface area contributed by atoms with Crippen molar-refractivity contribution in [1.82, 2.24) is 10.2 Å². The molecule has 2 rings (SSSR count). The Morgan fingerprint density at radius 2 is 1.93 bits per heavy atom. The third-order valence-electron chi connectivity index (χ3n) is 4.33. The van der Waals surface area contributed by atoms with E-state index in [9.17, 15) is 8.78 Å². The molecule has 0 saturated carbocycles. The summed E-state index contributed by atoms with van der Waals surface area (Å²) < 4.78 is 40.6.